The molecule has 0 bridgehead atoms. The molecular formula is C16H18N2O3S. The Labute approximate surface area is 133 Å². The highest BCUT2D eigenvalue weighted by molar-refractivity contribution is 7.09. The molecule has 0 spiro atoms. The summed E-state index contributed by atoms with van der Waals surface area (Å²) in [6, 6.07) is 9.87. The third-order valence-electron chi connectivity index (χ3n) is 3.64. The molecular weight excluding hydrogens is 300 g/mol. The maximum atomic E-state index is 12.4. The number of aliphatic carboxylic acids is 1. The number of likely N-dealkylation sites (N-methyl/N-ethyl adjacent to an activating group) is 1. The van der Waals surface area contributed by atoms with Crippen molar-refractivity contribution in [3.05, 3.63) is 52.0 Å². The molecule has 0 radical (unpaired) electrons. The predicted molar refractivity (Wildman–Crippen MR) is 85.2 cm³/mol. The van der Waals surface area contributed by atoms with E-state index in [1.54, 1.807) is 5.38 Å². The highest BCUT2D eigenvalue weighted by Crippen LogP contribution is 2.19. The van der Waals surface area contributed by atoms with Gasteiger partial charge in [0.2, 0.25) is 0 Å². The van der Waals surface area contributed by atoms with Crippen LogP contribution in [0.4, 0.5) is 0 Å². The summed E-state index contributed by atoms with van der Waals surface area (Å²) < 4.78 is 0. The molecule has 2 aromatic rings. The van der Waals surface area contributed by atoms with Gasteiger partial charge in [0.25, 0.3) is 5.91 Å². The summed E-state index contributed by atoms with van der Waals surface area (Å²) in [5.74, 6) is -1.44. The lowest BCUT2D eigenvalue weighted by Crippen LogP contribution is -2.50. The number of carboxylic acid groups (broad SMARTS) is 1. The van der Waals surface area contributed by atoms with Gasteiger partial charge in [-0.2, -0.15) is 0 Å². The fraction of sp³-hybridized carbons (Fsp3) is 0.312. The highest BCUT2D eigenvalue weighted by Gasteiger charge is 2.36. The molecule has 0 atom stereocenters. The molecule has 5 nitrogen and oxygen atoms in total. The van der Waals surface area contributed by atoms with Crippen LogP contribution in [-0.2, 0) is 11.2 Å². The summed E-state index contributed by atoms with van der Waals surface area (Å²) in [7, 11) is 1.48. The van der Waals surface area contributed by atoms with Gasteiger partial charge in [0, 0.05) is 18.8 Å². The van der Waals surface area contributed by atoms with Gasteiger partial charge in [-0.15, -0.1) is 11.3 Å². The third kappa shape index (κ3) is 3.33. The van der Waals surface area contributed by atoms with Crippen LogP contribution in [0.1, 0.15) is 34.9 Å². The summed E-state index contributed by atoms with van der Waals surface area (Å²) >= 11 is 1.40. The summed E-state index contributed by atoms with van der Waals surface area (Å²) in [5.41, 5.74) is 0.128. The minimum absolute atomic E-state index is 0.285. The van der Waals surface area contributed by atoms with Gasteiger partial charge in [-0.05, 0) is 19.4 Å². The molecule has 0 aliphatic heterocycles. The van der Waals surface area contributed by atoms with Crippen molar-refractivity contribution < 1.29 is 14.7 Å². The van der Waals surface area contributed by atoms with Crippen molar-refractivity contribution in [3.63, 3.8) is 0 Å². The molecule has 1 N–H and O–H groups in total. The van der Waals surface area contributed by atoms with E-state index in [1.807, 2.05) is 30.3 Å². The number of hydrogen-bond donors (Lipinski definition) is 1. The van der Waals surface area contributed by atoms with Crippen molar-refractivity contribution in [2.45, 2.75) is 25.8 Å². The number of rotatable bonds is 5. The molecule has 0 unspecified atom stereocenters. The van der Waals surface area contributed by atoms with Crippen LogP contribution in [0, 0.1) is 0 Å². The molecule has 1 aromatic carbocycles. The number of amides is 1. The van der Waals surface area contributed by atoms with Crippen molar-refractivity contribution >= 4 is 23.2 Å². The van der Waals surface area contributed by atoms with Crippen LogP contribution in [0.3, 0.4) is 0 Å². The summed E-state index contributed by atoms with van der Waals surface area (Å²) in [6.07, 6.45) is 0.658. The van der Waals surface area contributed by atoms with Gasteiger partial charge in [0.1, 0.15) is 11.2 Å². The van der Waals surface area contributed by atoms with E-state index in [1.165, 1.54) is 37.1 Å². The normalized spacial score (nSPS) is 11.2. The van der Waals surface area contributed by atoms with E-state index in [2.05, 4.69) is 4.98 Å². The molecule has 22 heavy (non-hydrogen) atoms. The fourth-order valence-electron chi connectivity index (χ4n) is 1.83. The Kier molecular flexibility index (Phi) is 4.61. The predicted octanol–water partition coefficient (Wildman–Crippen LogP) is 2.67. The van der Waals surface area contributed by atoms with Crippen LogP contribution in [-0.4, -0.2) is 39.5 Å². The van der Waals surface area contributed by atoms with Gasteiger partial charge in [-0.25, -0.2) is 9.78 Å². The largest absolute Gasteiger partial charge is 0.480 e. The van der Waals surface area contributed by atoms with Gasteiger partial charge < -0.3 is 10.0 Å². The number of thiazole rings is 1. The Bertz CT molecular complexity index is 680. The zero-order chi connectivity index (χ0) is 16.3. The maximum Gasteiger partial charge on any atom is 0.329 e. The van der Waals surface area contributed by atoms with E-state index >= 15 is 0 Å². The quantitative estimate of drug-likeness (QED) is 0.920. The minimum Gasteiger partial charge on any atom is -0.480 e. The van der Waals surface area contributed by atoms with Crippen molar-refractivity contribution in [2.24, 2.45) is 0 Å². The zero-order valence-corrected chi connectivity index (χ0v) is 13.6. The van der Waals surface area contributed by atoms with Crippen LogP contribution in [0.2, 0.25) is 0 Å². The minimum atomic E-state index is -1.28. The van der Waals surface area contributed by atoms with Crippen molar-refractivity contribution in [2.75, 3.05) is 7.05 Å². The standard InChI is InChI=1S/C16H18N2O3S/c1-16(2,15(20)21)18(3)14(19)12-10-22-13(17-12)9-11-7-5-4-6-8-11/h4-8,10H,9H2,1-3H3,(H,20,21). The number of benzene rings is 1. The number of aromatic nitrogens is 1. The lowest BCUT2D eigenvalue weighted by atomic mass is 10.0. The Balaban J connectivity index is 2.14. The molecule has 0 saturated carbocycles. The molecule has 2 rings (SSSR count). The van der Waals surface area contributed by atoms with E-state index in [0.29, 0.717) is 6.42 Å². The lowest BCUT2D eigenvalue weighted by molar-refractivity contribution is -0.147. The number of nitrogens with zero attached hydrogens (tertiary/aromatic N) is 2. The van der Waals surface area contributed by atoms with E-state index in [-0.39, 0.29) is 11.6 Å². The second-order valence-corrected chi connectivity index (χ2v) is 6.46. The number of carbonyl (C=O) groups is 2. The monoisotopic (exact) mass is 318 g/mol. The average Bonchev–Trinajstić information content (AvgIpc) is 2.95. The molecule has 0 saturated heterocycles. The van der Waals surface area contributed by atoms with Crippen LogP contribution in [0.15, 0.2) is 35.7 Å². The van der Waals surface area contributed by atoms with Crippen molar-refractivity contribution in [1.82, 2.24) is 9.88 Å². The fourth-order valence-corrected chi connectivity index (χ4v) is 2.63. The van der Waals surface area contributed by atoms with Gasteiger partial charge in [0.05, 0.1) is 5.01 Å². The molecule has 1 aromatic heterocycles. The maximum absolute atomic E-state index is 12.4. The molecule has 1 heterocycles. The summed E-state index contributed by atoms with van der Waals surface area (Å²) in [6.45, 7) is 2.98. The lowest BCUT2D eigenvalue weighted by Gasteiger charge is -2.30. The highest BCUT2D eigenvalue weighted by atomic mass is 32.1. The molecule has 116 valence electrons. The molecule has 0 aliphatic rings. The SMILES string of the molecule is CN(C(=O)c1csc(Cc2ccccc2)n1)C(C)(C)C(=O)O. The van der Waals surface area contributed by atoms with E-state index in [9.17, 15) is 14.7 Å². The van der Waals surface area contributed by atoms with Crippen LogP contribution in [0.5, 0.6) is 0 Å². The van der Waals surface area contributed by atoms with E-state index in [0.717, 1.165) is 10.6 Å². The Morgan fingerprint density at radius 2 is 1.91 bits per heavy atom. The van der Waals surface area contributed by atoms with Crippen LogP contribution < -0.4 is 0 Å². The van der Waals surface area contributed by atoms with Crippen molar-refractivity contribution in [3.8, 4) is 0 Å². The Morgan fingerprint density at radius 3 is 2.50 bits per heavy atom. The molecule has 0 aliphatic carbocycles. The molecule has 6 heteroatoms. The second-order valence-electron chi connectivity index (χ2n) is 5.52. The average molecular weight is 318 g/mol. The number of carboxylic acids is 1. The number of carbonyl (C=O) groups excluding carboxylic acids is 1. The first kappa shape index (κ1) is 16.2. The second kappa shape index (κ2) is 6.27. The zero-order valence-electron chi connectivity index (χ0n) is 12.7. The van der Waals surface area contributed by atoms with E-state index in [4.69, 9.17) is 0 Å². The first-order valence-electron chi connectivity index (χ1n) is 6.82. The summed E-state index contributed by atoms with van der Waals surface area (Å²) in [4.78, 5) is 29.1. The van der Waals surface area contributed by atoms with Gasteiger partial charge in [-0.1, -0.05) is 30.3 Å². The molecule has 1 amide bonds. The molecule has 0 fully saturated rings. The topological polar surface area (TPSA) is 70.5 Å². The first-order chi connectivity index (χ1) is 10.3. The van der Waals surface area contributed by atoms with E-state index < -0.39 is 11.5 Å². The number of hydrogen-bond acceptors (Lipinski definition) is 4. The van der Waals surface area contributed by atoms with Crippen LogP contribution in [0.25, 0.3) is 0 Å². The smallest absolute Gasteiger partial charge is 0.329 e. The van der Waals surface area contributed by atoms with Gasteiger partial charge in [0.15, 0.2) is 0 Å². The van der Waals surface area contributed by atoms with Crippen molar-refractivity contribution in [1.29, 1.82) is 0 Å². The first-order valence-corrected chi connectivity index (χ1v) is 7.70. The van der Waals surface area contributed by atoms with Gasteiger partial charge in [-0.3, -0.25) is 4.79 Å². The van der Waals surface area contributed by atoms with Gasteiger partial charge >= 0.3 is 5.97 Å². The van der Waals surface area contributed by atoms with Crippen LogP contribution >= 0.6 is 11.3 Å². The third-order valence-corrected chi connectivity index (χ3v) is 4.48. The Morgan fingerprint density at radius 1 is 1.27 bits per heavy atom. The Hall–Kier alpha value is -2.21. The summed E-state index contributed by atoms with van der Waals surface area (Å²) in [5, 5.41) is 11.7.